The van der Waals surface area contributed by atoms with E-state index in [9.17, 15) is 9.59 Å². The predicted octanol–water partition coefficient (Wildman–Crippen LogP) is 4.37. The average Bonchev–Trinajstić information content (AvgIpc) is 3.44. The highest BCUT2D eigenvalue weighted by Gasteiger charge is 2.22. The van der Waals surface area contributed by atoms with Gasteiger partial charge in [-0.1, -0.05) is 32.6 Å². The first kappa shape index (κ1) is 25.7. The van der Waals surface area contributed by atoms with Gasteiger partial charge in [-0.15, -0.1) is 0 Å². The second kappa shape index (κ2) is 14.5. The Morgan fingerprint density at radius 3 is 2.47 bits per heavy atom. The van der Waals surface area contributed by atoms with Crippen LogP contribution >= 0.6 is 0 Å². The van der Waals surface area contributed by atoms with Gasteiger partial charge in [-0.05, 0) is 37.1 Å². The summed E-state index contributed by atoms with van der Waals surface area (Å²) >= 11 is 0. The van der Waals surface area contributed by atoms with Crippen LogP contribution in [0.2, 0.25) is 0 Å². The van der Waals surface area contributed by atoms with E-state index in [1.165, 1.54) is 12.8 Å². The zero-order valence-corrected chi connectivity index (χ0v) is 19.9. The molecule has 7 heteroatoms. The number of carbonyl (C=O) groups is 2. The second-order valence-corrected chi connectivity index (χ2v) is 8.27. The molecule has 2 amide bonds. The van der Waals surface area contributed by atoms with E-state index in [0.29, 0.717) is 39.1 Å². The molecule has 0 aliphatic rings. The molecule has 0 atom stereocenters. The molecule has 7 nitrogen and oxygen atoms in total. The fraction of sp³-hybridized carbons (Fsp3) is 0.600. The van der Waals surface area contributed by atoms with E-state index in [4.69, 9.17) is 9.15 Å². The van der Waals surface area contributed by atoms with Crippen LogP contribution in [0.5, 0.6) is 0 Å². The van der Waals surface area contributed by atoms with Gasteiger partial charge in [-0.2, -0.15) is 0 Å². The number of rotatable bonds is 16. The van der Waals surface area contributed by atoms with E-state index in [2.05, 4.69) is 6.92 Å². The molecule has 2 aromatic heterocycles. The number of hydrogen-bond donors (Lipinski definition) is 0. The third-order valence-electron chi connectivity index (χ3n) is 5.63. The molecule has 32 heavy (non-hydrogen) atoms. The van der Waals surface area contributed by atoms with Gasteiger partial charge in [0.15, 0.2) is 0 Å². The highest BCUT2D eigenvalue weighted by molar-refractivity contribution is 5.84. The number of hydrogen-bond acceptors (Lipinski definition) is 4. The molecule has 0 radical (unpaired) electrons. The Morgan fingerprint density at radius 1 is 1.00 bits per heavy atom. The van der Waals surface area contributed by atoms with Crippen LogP contribution in [-0.4, -0.2) is 53.0 Å². The third-order valence-corrected chi connectivity index (χ3v) is 5.63. The lowest BCUT2D eigenvalue weighted by Crippen LogP contribution is -2.43. The summed E-state index contributed by atoms with van der Waals surface area (Å²) < 4.78 is 12.6. The van der Waals surface area contributed by atoms with E-state index < -0.39 is 0 Å². The molecule has 2 aromatic rings. The van der Waals surface area contributed by atoms with E-state index >= 15 is 0 Å². The first-order valence-corrected chi connectivity index (χ1v) is 11.7. The molecular formula is C25H39N3O4. The van der Waals surface area contributed by atoms with Gasteiger partial charge in [-0.3, -0.25) is 9.59 Å². The van der Waals surface area contributed by atoms with Gasteiger partial charge in [0, 0.05) is 45.6 Å². The van der Waals surface area contributed by atoms with Gasteiger partial charge in [0.25, 0.3) is 0 Å². The Hall–Kier alpha value is -2.54. The minimum Gasteiger partial charge on any atom is -0.467 e. The number of aromatic nitrogens is 1. The summed E-state index contributed by atoms with van der Waals surface area (Å²) in [7, 11) is 3.61. The topological polar surface area (TPSA) is 67.9 Å². The van der Waals surface area contributed by atoms with Crippen molar-refractivity contribution in [3.05, 3.63) is 48.2 Å². The van der Waals surface area contributed by atoms with Crippen molar-refractivity contribution < 1.29 is 18.7 Å². The van der Waals surface area contributed by atoms with E-state index in [-0.39, 0.29) is 18.4 Å². The van der Waals surface area contributed by atoms with Gasteiger partial charge >= 0.3 is 0 Å². The predicted molar refractivity (Wildman–Crippen MR) is 125 cm³/mol. The number of nitrogens with zero attached hydrogens (tertiary/aromatic N) is 3. The molecule has 0 aliphatic heterocycles. The summed E-state index contributed by atoms with van der Waals surface area (Å²) in [5, 5.41) is 0. The molecule has 2 rings (SSSR count). The van der Waals surface area contributed by atoms with Crippen LogP contribution in [-0.2, 0) is 34.5 Å². The first-order chi connectivity index (χ1) is 15.5. The van der Waals surface area contributed by atoms with Crippen molar-refractivity contribution in [2.75, 3.05) is 26.8 Å². The fourth-order valence-electron chi connectivity index (χ4n) is 3.67. The van der Waals surface area contributed by atoms with Gasteiger partial charge < -0.3 is 23.5 Å². The normalized spacial score (nSPS) is 11.0. The zero-order chi connectivity index (χ0) is 23.2. The zero-order valence-electron chi connectivity index (χ0n) is 19.9. The number of carbonyl (C=O) groups excluding carboxylic acids is 2. The minimum atomic E-state index is -0.0839. The van der Waals surface area contributed by atoms with Crippen LogP contribution in [0.1, 0.15) is 63.3 Å². The molecule has 0 aromatic carbocycles. The Kier molecular flexibility index (Phi) is 11.7. The maximum absolute atomic E-state index is 13.3. The summed E-state index contributed by atoms with van der Waals surface area (Å²) in [6.45, 7) is 4.16. The maximum Gasteiger partial charge on any atom is 0.242 e. The van der Waals surface area contributed by atoms with Crippen molar-refractivity contribution >= 4 is 11.8 Å². The summed E-state index contributed by atoms with van der Waals surface area (Å²) in [5.74, 6) is 0.683. The third kappa shape index (κ3) is 8.91. The van der Waals surface area contributed by atoms with Crippen molar-refractivity contribution in [1.29, 1.82) is 0 Å². The maximum atomic E-state index is 13.3. The standard InChI is InChI=1S/C25H39N3O4/c1-4-5-6-7-8-14-24(29)27(16-11-17-31-3)21-25(30)28(20-23-13-10-18-32-23)19-22-12-9-15-26(22)2/h9-10,12-13,15,18H,4-8,11,14,16-17,19-21H2,1-3H3. The second-order valence-electron chi connectivity index (χ2n) is 8.27. The number of unbranched alkanes of at least 4 members (excludes halogenated alkanes) is 4. The van der Waals surface area contributed by atoms with Crippen LogP contribution in [0.4, 0.5) is 0 Å². The number of ether oxygens (including phenoxy) is 1. The van der Waals surface area contributed by atoms with Crippen molar-refractivity contribution in [2.24, 2.45) is 7.05 Å². The molecule has 0 bridgehead atoms. The van der Waals surface area contributed by atoms with Gasteiger partial charge in [0.2, 0.25) is 11.8 Å². The largest absolute Gasteiger partial charge is 0.467 e. The fourth-order valence-corrected chi connectivity index (χ4v) is 3.67. The first-order valence-electron chi connectivity index (χ1n) is 11.7. The van der Waals surface area contributed by atoms with Gasteiger partial charge in [-0.25, -0.2) is 0 Å². The van der Waals surface area contributed by atoms with Crippen LogP contribution in [0.25, 0.3) is 0 Å². The van der Waals surface area contributed by atoms with Crippen molar-refractivity contribution in [2.45, 2.75) is 65.0 Å². The molecular weight excluding hydrogens is 406 g/mol. The Morgan fingerprint density at radius 2 is 1.81 bits per heavy atom. The lowest BCUT2D eigenvalue weighted by molar-refractivity contribution is -0.141. The van der Waals surface area contributed by atoms with Crippen LogP contribution in [0.3, 0.4) is 0 Å². The number of methoxy groups -OCH3 is 1. The minimum absolute atomic E-state index is 0.0442. The van der Waals surface area contributed by atoms with Gasteiger partial charge in [0.1, 0.15) is 5.76 Å². The monoisotopic (exact) mass is 445 g/mol. The van der Waals surface area contributed by atoms with Crippen molar-refractivity contribution in [3.8, 4) is 0 Å². The lowest BCUT2D eigenvalue weighted by atomic mass is 10.1. The van der Waals surface area contributed by atoms with Crippen LogP contribution in [0, 0.1) is 0 Å². The van der Waals surface area contributed by atoms with Crippen molar-refractivity contribution in [3.63, 3.8) is 0 Å². The number of amides is 2. The molecule has 0 saturated carbocycles. The van der Waals surface area contributed by atoms with E-state index in [1.54, 1.807) is 23.2 Å². The molecule has 0 aliphatic carbocycles. The molecule has 178 valence electrons. The highest BCUT2D eigenvalue weighted by atomic mass is 16.5. The SMILES string of the molecule is CCCCCCCC(=O)N(CCCOC)CC(=O)N(Cc1ccco1)Cc1cccn1C. The quantitative estimate of drug-likeness (QED) is 0.360. The molecule has 0 N–H and O–H groups in total. The number of furan rings is 1. The summed E-state index contributed by atoms with van der Waals surface area (Å²) in [6, 6.07) is 7.65. The molecule has 0 unspecified atom stereocenters. The van der Waals surface area contributed by atoms with Gasteiger partial charge in [0.05, 0.1) is 25.9 Å². The number of aryl methyl sites for hydroxylation is 1. The summed E-state index contributed by atoms with van der Waals surface area (Å²) in [5.41, 5.74) is 1.03. The summed E-state index contributed by atoms with van der Waals surface area (Å²) in [6.07, 6.45) is 10.2. The van der Waals surface area contributed by atoms with Crippen molar-refractivity contribution in [1.82, 2.24) is 14.4 Å². The molecule has 0 spiro atoms. The molecule has 0 saturated heterocycles. The Balaban J connectivity index is 2.03. The van der Waals surface area contributed by atoms with E-state index in [1.807, 2.05) is 42.1 Å². The Bertz CT molecular complexity index is 785. The highest BCUT2D eigenvalue weighted by Crippen LogP contribution is 2.13. The molecule has 0 fully saturated rings. The average molecular weight is 446 g/mol. The smallest absolute Gasteiger partial charge is 0.242 e. The summed E-state index contributed by atoms with van der Waals surface area (Å²) in [4.78, 5) is 29.7. The van der Waals surface area contributed by atoms with Crippen LogP contribution in [0.15, 0.2) is 41.1 Å². The lowest BCUT2D eigenvalue weighted by Gasteiger charge is -2.27. The molecule has 2 heterocycles. The Labute approximate surface area is 192 Å². The van der Waals surface area contributed by atoms with E-state index in [0.717, 1.165) is 30.7 Å². The van der Waals surface area contributed by atoms with Crippen LogP contribution < -0.4 is 0 Å².